The molecule has 0 radical (unpaired) electrons. The van der Waals surface area contributed by atoms with Crippen LogP contribution in [0.5, 0.6) is 11.5 Å². The number of nitrogens with zero attached hydrogens (tertiary/aromatic N) is 1. The van der Waals surface area contributed by atoms with Crippen LogP contribution in [0.4, 0.5) is 5.69 Å². The Labute approximate surface area is 175 Å². The van der Waals surface area contributed by atoms with E-state index >= 15 is 0 Å². The molecule has 3 aromatic rings. The van der Waals surface area contributed by atoms with Gasteiger partial charge in [0.1, 0.15) is 11.5 Å². The maximum atomic E-state index is 12.6. The first kappa shape index (κ1) is 20.8. The van der Waals surface area contributed by atoms with Crippen molar-refractivity contribution in [2.75, 3.05) is 11.9 Å². The molecule has 1 N–H and O–H groups in total. The van der Waals surface area contributed by atoms with Crippen molar-refractivity contribution in [3.63, 3.8) is 0 Å². The van der Waals surface area contributed by atoms with E-state index in [-0.39, 0.29) is 12.0 Å². The molecule has 0 saturated heterocycles. The molecule has 29 heavy (non-hydrogen) atoms. The lowest BCUT2D eigenvalue weighted by atomic mass is 10.1. The van der Waals surface area contributed by atoms with Crippen molar-refractivity contribution in [1.82, 2.24) is 4.98 Å². The Hall–Kier alpha value is -2.89. The van der Waals surface area contributed by atoms with Crippen molar-refractivity contribution in [2.24, 2.45) is 0 Å². The maximum Gasteiger partial charge on any atom is 0.257 e. The van der Waals surface area contributed by atoms with Gasteiger partial charge in [0.05, 0.1) is 23.1 Å². The quantitative estimate of drug-likeness (QED) is 0.504. The van der Waals surface area contributed by atoms with Crippen molar-refractivity contribution in [3.8, 4) is 11.5 Å². The van der Waals surface area contributed by atoms with Gasteiger partial charge in [-0.05, 0) is 75.4 Å². The summed E-state index contributed by atoms with van der Waals surface area (Å²) >= 11 is 5.97. The number of halogens is 1. The minimum Gasteiger partial charge on any atom is -0.457 e. The average molecular weight is 411 g/mol. The summed E-state index contributed by atoms with van der Waals surface area (Å²) in [7, 11) is 0. The van der Waals surface area contributed by atoms with Crippen molar-refractivity contribution in [1.29, 1.82) is 0 Å². The zero-order valence-corrected chi connectivity index (χ0v) is 17.4. The number of rotatable bonds is 7. The van der Waals surface area contributed by atoms with Gasteiger partial charge < -0.3 is 14.8 Å². The predicted octanol–water partition coefficient (Wildman–Crippen LogP) is 6.19. The largest absolute Gasteiger partial charge is 0.457 e. The first-order chi connectivity index (χ1) is 14.0. The van der Waals surface area contributed by atoms with Crippen molar-refractivity contribution in [2.45, 2.75) is 26.9 Å². The molecule has 0 bridgehead atoms. The van der Waals surface area contributed by atoms with Crippen LogP contribution in [0, 0.1) is 6.92 Å². The molecule has 6 heteroatoms. The van der Waals surface area contributed by atoms with Crippen LogP contribution in [0.2, 0.25) is 5.02 Å². The van der Waals surface area contributed by atoms with E-state index in [4.69, 9.17) is 21.1 Å². The molecule has 0 aliphatic heterocycles. The summed E-state index contributed by atoms with van der Waals surface area (Å²) < 4.78 is 11.3. The monoisotopic (exact) mass is 410 g/mol. The van der Waals surface area contributed by atoms with E-state index < -0.39 is 0 Å². The molecule has 0 fully saturated rings. The summed E-state index contributed by atoms with van der Waals surface area (Å²) in [5.74, 6) is 1.09. The number of hydrogen-bond acceptors (Lipinski definition) is 4. The molecule has 0 saturated carbocycles. The van der Waals surface area contributed by atoms with E-state index in [9.17, 15) is 4.79 Å². The second kappa shape index (κ2) is 9.54. The molecule has 150 valence electrons. The molecule has 0 aliphatic rings. The highest BCUT2D eigenvalue weighted by atomic mass is 35.5. The smallest absolute Gasteiger partial charge is 0.257 e. The average Bonchev–Trinajstić information content (AvgIpc) is 2.69. The Balaban J connectivity index is 1.66. The second-order valence-electron chi connectivity index (χ2n) is 6.50. The van der Waals surface area contributed by atoms with Crippen molar-refractivity contribution in [3.05, 3.63) is 82.6 Å². The van der Waals surface area contributed by atoms with Crippen LogP contribution in [0.25, 0.3) is 0 Å². The van der Waals surface area contributed by atoms with Gasteiger partial charge in [0.2, 0.25) is 0 Å². The maximum absolute atomic E-state index is 12.6. The number of amides is 1. The lowest BCUT2D eigenvalue weighted by Gasteiger charge is -2.13. The van der Waals surface area contributed by atoms with Gasteiger partial charge in [0.25, 0.3) is 5.91 Å². The number of carbonyl (C=O) groups excluding carboxylic acids is 1. The molecule has 1 aromatic heterocycles. The van der Waals surface area contributed by atoms with Crippen LogP contribution in [-0.2, 0) is 4.74 Å². The Morgan fingerprint density at radius 1 is 1.10 bits per heavy atom. The van der Waals surface area contributed by atoms with Crippen LogP contribution >= 0.6 is 11.6 Å². The van der Waals surface area contributed by atoms with Crippen molar-refractivity contribution < 1.29 is 14.3 Å². The fourth-order valence-electron chi connectivity index (χ4n) is 2.85. The molecule has 3 rings (SSSR count). The fraction of sp³-hybridized carbons (Fsp3) is 0.217. The van der Waals surface area contributed by atoms with Crippen LogP contribution in [0.15, 0.2) is 60.7 Å². The van der Waals surface area contributed by atoms with Gasteiger partial charge in [-0.25, -0.2) is 0 Å². The second-order valence-corrected chi connectivity index (χ2v) is 6.94. The Kier molecular flexibility index (Phi) is 6.86. The molecule has 1 heterocycles. The number of anilines is 1. The van der Waals surface area contributed by atoms with Crippen LogP contribution in [0.3, 0.4) is 0 Å². The van der Waals surface area contributed by atoms with E-state index in [0.29, 0.717) is 40.1 Å². The first-order valence-electron chi connectivity index (χ1n) is 9.40. The number of hydrogen-bond donors (Lipinski definition) is 1. The van der Waals surface area contributed by atoms with Crippen LogP contribution in [0.1, 0.15) is 41.7 Å². The summed E-state index contributed by atoms with van der Waals surface area (Å²) in [5, 5.41) is 3.49. The minimum atomic E-state index is -0.214. The molecular weight excluding hydrogens is 388 g/mol. The van der Waals surface area contributed by atoms with Gasteiger partial charge in [-0.1, -0.05) is 17.7 Å². The highest BCUT2D eigenvalue weighted by Crippen LogP contribution is 2.25. The zero-order chi connectivity index (χ0) is 20.8. The number of aromatic nitrogens is 1. The van der Waals surface area contributed by atoms with E-state index in [1.54, 1.807) is 42.5 Å². The minimum absolute atomic E-state index is 0.108. The van der Waals surface area contributed by atoms with Gasteiger partial charge in [-0.15, -0.1) is 0 Å². The third-order valence-corrected chi connectivity index (χ3v) is 4.56. The highest BCUT2D eigenvalue weighted by molar-refractivity contribution is 6.30. The number of aryl methyl sites for hydroxylation is 1. The number of benzene rings is 2. The van der Waals surface area contributed by atoms with Crippen LogP contribution in [-0.4, -0.2) is 17.5 Å². The molecule has 1 atom stereocenters. The van der Waals surface area contributed by atoms with E-state index in [1.807, 2.05) is 39.0 Å². The third kappa shape index (κ3) is 5.56. The molecule has 2 aromatic carbocycles. The number of carbonyl (C=O) groups is 1. The Bertz CT molecular complexity index is 990. The zero-order valence-electron chi connectivity index (χ0n) is 16.6. The number of ether oxygens (including phenoxy) is 2. The molecule has 1 unspecified atom stereocenters. The summed E-state index contributed by atoms with van der Waals surface area (Å²) in [6.07, 6.45) is -0.108. The highest BCUT2D eigenvalue weighted by Gasteiger charge is 2.14. The molecule has 1 amide bonds. The van der Waals surface area contributed by atoms with E-state index in [2.05, 4.69) is 10.3 Å². The standard InChI is InChI=1S/C23H23ClN2O3/c1-4-28-16(3)22-13-12-21(15(2)25-22)23(27)26-18-8-10-19(11-9-18)29-20-7-5-6-17(24)14-20/h5-14,16H,4H2,1-3H3,(H,26,27). The summed E-state index contributed by atoms with van der Waals surface area (Å²) in [6, 6.07) is 17.9. The van der Waals surface area contributed by atoms with Gasteiger partial charge in [0.15, 0.2) is 0 Å². The predicted molar refractivity (Wildman–Crippen MR) is 115 cm³/mol. The van der Waals surface area contributed by atoms with E-state index in [0.717, 1.165) is 5.69 Å². The summed E-state index contributed by atoms with van der Waals surface area (Å²) in [4.78, 5) is 17.1. The van der Waals surface area contributed by atoms with Gasteiger partial charge in [-0.3, -0.25) is 9.78 Å². The molecule has 0 aliphatic carbocycles. The van der Waals surface area contributed by atoms with Crippen LogP contribution < -0.4 is 10.1 Å². The summed E-state index contributed by atoms with van der Waals surface area (Å²) in [6.45, 7) is 6.31. The number of pyridine rings is 1. The number of nitrogens with one attached hydrogen (secondary N) is 1. The fourth-order valence-corrected chi connectivity index (χ4v) is 3.03. The first-order valence-corrected chi connectivity index (χ1v) is 9.78. The molecule has 5 nitrogen and oxygen atoms in total. The summed E-state index contributed by atoms with van der Waals surface area (Å²) in [5.41, 5.74) is 2.66. The Morgan fingerprint density at radius 3 is 2.52 bits per heavy atom. The molecular formula is C23H23ClN2O3. The SMILES string of the molecule is CCOC(C)c1ccc(C(=O)Nc2ccc(Oc3cccc(Cl)c3)cc2)c(C)n1. The van der Waals surface area contributed by atoms with Gasteiger partial charge in [0, 0.05) is 17.3 Å². The topological polar surface area (TPSA) is 60.5 Å². The van der Waals surface area contributed by atoms with Gasteiger partial charge in [-0.2, -0.15) is 0 Å². The van der Waals surface area contributed by atoms with Gasteiger partial charge >= 0.3 is 0 Å². The lowest BCUT2D eigenvalue weighted by molar-refractivity contribution is 0.0732. The Morgan fingerprint density at radius 2 is 1.86 bits per heavy atom. The lowest BCUT2D eigenvalue weighted by Crippen LogP contribution is -2.15. The van der Waals surface area contributed by atoms with Crippen molar-refractivity contribution >= 4 is 23.2 Å². The third-order valence-electron chi connectivity index (χ3n) is 4.33. The van der Waals surface area contributed by atoms with E-state index in [1.165, 1.54) is 0 Å². The molecule has 0 spiro atoms. The normalized spacial score (nSPS) is 11.7.